The van der Waals surface area contributed by atoms with E-state index in [9.17, 15) is 9.59 Å². The van der Waals surface area contributed by atoms with Crippen LogP contribution in [0.5, 0.6) is 0 Å². The van der Waals surface area contributed by atoms with E-state index in [1.54, 1.807) is 38.1 Å². The highest BCUT2D eigenvalue weighted by atomic mass is 16.5. The van der Waals surface area contributed by atoms with Crippen LogP contribution in [0.1, 0.15) is 29.8 Å². The minimum absolute atomic E-state index is 0.251. The molecule has 1 atom stereocenters. The van der Waals surface area contributed by atoms with E-state index >= 15 is 0 Å². The normalized spacial score (nSPS) is 11.7. The van der Waals surface area contributed by atoms with Gasteiger partial charge in [0.25, 0.3) is 5.91 Å². The topological polar surface area (TPSA) is 55.4 Å². The van der Waals surface area contributed by atoms with Gasteiger partial charge < -0.3 is 10.1 Å². The van der Waals surface area contributed by atoms with E-state index in [0.717, 1.165) is 16.7 Å². The molecular weight excluding hydrogens is 362 g/mol. The van der Waals surface area contributed by atoms with Gasteiger partial charge in [-0.15, -0.1) is 0 Å². The zero-order chi connectivity index (χ0) is 20.6. The molecule has 4 nitrogen and oxygen atoms in total. The number of benzene rings is 3. The van der Waals surface area contributed by atoms with Crippen molar-refractivity contribution in [3.63, 3.8) is 0 Å². The average molecular weight is 387 g/mol. The van der Waals surface area contributed by atoms with Crippen LogP contribution in [0.3, 0.4) is 0 Å². The van der Waals surface area contributed by atoms with Crippen molar-refractivity contribution in [2.45, 2.75) is 32.4 Å². The van der Waals surface area contributed by atoms with Crippen LogP contribution in [-0.4, -0.2) is 24.0 Å². The summed E-state index contributed by atoms with van der Waals surface area (Å²) in [5.74, 6) is -0.728. The fraction of sp³-hybridized carbons (Fsp3) is 0.200. The van der Waals surface area contributed by atoms with E-state index < -0.39 is 12.0 Å². The Morgan fingerprint density at radius 2 is 1.34 bits per heavy atom. The van der Waals surface area contributed by atoms with Crippen molar-refractivity contribution in [1.29, 1.82) is 0 Å². The summed E-state index contributed by atoms with van der Waals surface area (Å²) in [5, 5.41) is 2.82. The van der Waals surface area contributed by atoms with E-state index in [4.69, 9.17) is 4.74 Å². The third kappa shape index (κ3) is 5.79. The van der Waals surface area contributed by atoms with E-state index in [0.29, 0.717) is 12.0 Å². The number of hydrogen-bond donors (Lipinski definition) is 1. The standard InChI is InChI=1S/C25H25NO3/c1-18(2)29-25(28)23(26-24(27)22-11-7-4-8-12-22)17-19-13-15-21(16-14-19)20-9-5-3-6-10-20/h3-16,18,23H,17H2,1-2H3,(H,26,27). The molecule has 0 aliphatic carbocycles. The van der Waals surface area contributed by atoms with Crippen molar-refractivity contribution < 1.29 is 14.3 Å². The fourth-order valence-corrected chi connectivity index (χ4v) is 3.04. The summed E-state index contributed by atoms with van der Waals surface area (Å²) < 4.78 is 5.36. The Labute approximate surface area is 171 Å². The van der Waals surface area contributed by atoms with Crippen LogP contribution in [0.4, 0.5) is 0 Å². The van der Waals surface area contributed by atoms with E-state index in [-0.39, 0.29) is 12.0 Å². The van der Waals surface area contributed by atoms with E-state index in [2.05, 4.69) is 17.4 Å². The molecule has 0 aromatic heterocycles. The van der Waals surface area contributed by atoms with Crippen molar-refractivity contribution in [2.24, 2.45) is 0 Å². The van der Waals surface area contributed by atoms with Crippen molar-refractivity contribution in [1.82, 2.24) is 5.32 Å². The van der Waals surface area contributed by atoms with Gasteiger partial charge in [0.1, 0.15) is 6.04 Å². The smallest absolute Gasteiger partial charge is 0.329 e. The lowest BCUT2D eigenvalue weighted by Crippen LogP contribution is -2.44. The molecule has 3 aromatic rings. The number of ether oxygens (including phenoxy) is 1. The molecule has 0 spiro atoms. The highest BCUT2D eigenvalue weighted by Crippen LogP contribution is 2.20. The number of esters is 1. The summed E-state index contributed by atoms with van der Waals surface area (Å²) >= 11 is 0. The molecule has 0 fully saturated rings. The van der Waals surface area contributed by atoms with Crippen molar-refractivity contribution in [2.75, 3.05) is 0 Å². The molecule has 3 aromatic carbocycles. The second kappa shape index (κ2) is 9.69. The van der Waals surface area contributed by atoms with Crippen molar-refractivity contribution in [3.05, 3.63) is 96.1 Å². The first-order valence-corrected chi connectivity index (χ1v) is 9.73. The molecule has 0 saturated heterocycles. The van der Waals surface area contributed by atoms with Crippen LogP contribution in [0.15, 0.2) is 84.9 Å². The van der Waals surface area contributed by atoms with Gasteiger partial charge in [-0.25, -0.2) is 4.79 Å². The zero-order valence-electron chi connectivity index (χ0n) is 16.7. The number of rotatable bonds is 7. The second-order valence-corrected chi connectivity index (χ2v) is 7.14. The Morgan fingerprint density at radius 1 is 0.793 bits per heavy atom. The van der Waals surface area contributed by atoms with Gasteiger partial charge in [0.2, 0.25) is 0 Å². The van der Waals surface area contributed by atoms with Crippen LogP contribution in [0.2, 0.25) is 0 Å². The number of carbonyl (C=O) groups excluding carboxylic acids is 2. The second-order valence-electron chi connectivity index (χ2n) is 7.14. The predicted octanol–water partition coefficient (Wildman–Crippen LogP) is 4.65. The maximum Gasteiger partial charge on any atom is 0.329 e. The van der Waals surface area contributed by atoms with Crippen LogP contribution in [-0.2, 0) is 16.0 Å². The Morgan fingerprint density at radius 3 is 1.93 bits per heavy atom. The molecule has 3 rings (SSSR count). The average Bonchev–Trinajstić information content (AvgIpc) is 2.74. The minimum Gasteiger partial charge on any atom is -0.461 e. The summed E-state index contributed by atoms with van der Waals surface area (Å²) in [6.07, 6.45) is 0.109. The molecule has 0 aliphatic rings. The Balaban J connectivity index is 1.75. The van der Waals surface area contributed by atoms with E-state index in [1.165, 1.54) is 0 Å². The van der Waals surface area contributed by atoms with Gasteiger partial charge in [-0.1, -0.05) is 72.8 Å². The number of amides is 1. The van der Waals surface area contributed by atoms with Crippen LogP contribution in [0, 0.1) is 0 Å². The first-order chi connectivity index (χ1) is 14.0. The Kier molecular flexibility index (Phi) is 6.80. The van der Waals surface area contributed by atoms with Crippen LogP contribution in [0.25, 0.3) is 11.1 Å². The predicted molar refractivity (Wildman–Crippen MR) is 115 cm³/mol. The van der Waals surface area contributed by atoms with Gasteiger partial charge >= 0.3 is 5.97 Å². The van der Waals surface area contributed by atoms with Gasteiger partial charge in [0, 0.05) is 12.0 Å². The van der Waals surface area contributed by atoms with Gasteiger partial charge in [0.15, 0.2) is 0 Å². The minimum atomic E-state index is -0.757. The highest BCUT2D eigenvalue weighted by Gasteiger charge is 2.24. The SMILES string of the molecule is CC(C)OC(=O)C(Cc1ccc(-c2ccccc2)cc1)NC(=O)c1ccccc1. The maximum atomic E-state index is 12.6. The molecule has 29 heavy (non-hydrogen) atoms. The van der Waals surface area contributed by atoms with Gasteiger partial charge in [0.05, 0.1) is 6.10 Å². The third-order valence-corrected chi connectivity index (χ3v) is 4.48. The summed E-state index contributed by atoms with van der Waals surface area (Å²) in [6, 6.07) is 26.2. The first-order valence-electron chi connectivity index (χ1n) is 9.73. The maximum absolute atomic E-state index is 12.6. The van der Waals surface area contributed by atoms with Crippen molar-refractivity contribution >= 4 is 11.9 Å². The number of carbonyl (C=O) groups is 2. The summed E-state index contributed by atoms with van der Waals surface area (Å²) in [4.78, 5) is 25.1. The molecule has 1 unspecified atom stereocenters. The lowest BCUT2D eigenvalue weighted by molar-refractivity contribution is -0.149. The largest absolute Gasteiger partial charge is 0.461 e. The number of hydrogen-bond acceptors (Lipinski definition) is 3. The monoisotopic (exact) mass is 387 g/mol. The molecule has 1 N–H and O–H groups in total. The van der Waals surface area contributed by atoms with Gasteiger partial charge in [-0.3, -0.25) is 4.79 Å². The molecule has 1 amide bonds. The van der Waals surface area contributed by atoms with Crippen LogP contribution >= 0.6 is 0 Å². The number of nitrogens with one attached hydrogen (secondary N) is 1. The molecular formula is C25H25NO3. The molecule has 4 heteroatoms. The van der Waals surface area contributed by atoms with Gasteiger partial charge in [-0.05, 0) is 42.7 Å². The fourth-order valence-electron chi connectivity index (χ4n) is 3.04. The Bertz CT molecular complexity index is 935. The Hall–Kier alpha value is -3.40. The quantitative estimate of drug-likeness (QED) is 0.601. The highest BCUT2D eigenvalue weighted by molar-refractivity contribution is 5.96. The first kappa shape index (κ1) is 20.3. The van der Waals surface area contributed by atoms with Crippen LogP contribution < -0.4 is 5.32 Å². The molecule has 0 radical (unpaired) electrons. The molecule has 148 valence electrons. The van der Waals surface area contributed by atoms with E-state index in [1.807, 2.05) is 48.5 Å². The summed E-state index contributed by atoms with van der Waals surface area (Å²) in [5.41, 5.74) is 3.69. The molecule has 0 aliphatic heterocycles. The molecule has 0 saturated carbocycles. The third-order valence-electron chi connectivity index (χ3n) is 4.48. The van der Waals surface area contributed by atoms with Gasteiger partial charge in [-0.2, -0.15) is 0 Å². The summed E-state index contributed by atoms with van der Waals surface area (Å²) in [7, 11) is 0. The lowest BCUT2D eigenvalue weighted by atomic mass is 10.0. The van der Waals surface area contributed by atoms with Crippen molar-refractivity contribution in [3.8, 4) is 11.1 Å². The summed E-state index contributed by atoms with van der Waals surface area (Å²) in [6.45, 7) is 3.59. The lowest BCUT2D eigenvalue weighted by Gasteiger charge is -2.19. The molecule has 0 heterocycles. The zero-order valence-corrected chi connectivity index (χ0v) is 16.7. The molecule has 0 bridgehead atoms.